The Morgan fingerprint density at radius 1 is 1.19 bits per heavy atom. The molecule has 0 aliphatic heterocycles. The van der Waals surface area contributed by atoms with Gasteiger partial charge in [0.05, 0.1) is 12.0 Å². The SMILES string of the molecule is NC(=S)c1oc2ccccc2c1OCCc1ccccn1. The molecule has 0 unspecified atom stereocenters. The smallest absolute Gasteiger partial charge is 0.204 e. The molecule has 21 heavy (non-hydrogen) atoms. The first kappa shape index (κ1) is 13.6. The van der Waals surface area contributed by atoms with Crippen molar-refractivity contribution in [3.8, 4) is 5.75 Å². The minimum atomic E-state index is 0.194. The number of aromatic nitrogens is 1. The van der Waals surface area contributed by atoms with E-state index in [0.29, 0.717) is 30.1 Å². The summed E-state index contributed by atoms with van der Waals surface area (Å²) in [6.07, 6.45) is 2.47. The summed E-state index contributed by atoms with van der Waals surface area (Å²) in [4.78, 5) is 4.46. The van der Waals surface area contributed by atoms with E-state index < -0.39 is 0 Å². The van der Waals surface area contributed by atoms with Gasteiger partial charge in [0, 0.05) is 18.3 Å². The Balaban J connectivity index is 1.82. The molecule has 5 heteroatoms. The lowest BCUT2D eigenvalue weighted by atomic mass is 10.2. The van der Waals surface area contributed by atoms with Gasteiger partial charge < -0.3 is 14.9 Å². The summed E-state index contributed by atoms with van der Waals surface area (Å²) < 4.78 is 11.5. The molecule has 2 N–H and O–H groups in total. The Bertz CT molecular complexity index is 768. The Morgan fingerprint density at radius 2 is 2.00 bits per heavy atom. The van der Waals surface area contributed by atoms with E-state index in [1.54, 1.807) is 6.20 Å². The van der Waals surface area contributed by atoms with E-state index in [9.17, 15) is 0 Å². The molecule has 0 aliphatic rings. The zero-order valence-corrected chi connectivity index (χ0v) is 12.1. The molecular weight excluding hydrogens is 284 g/mol. The molecule has 0 radical (unpaired) electrons. The summed E-state index contributed by atoms with van der Waals surface area (Å²) in [5.74, 6) is 1.03. The number of rotatable bonds is 5. The molecule has 0 amide bonds. The van der Waals surface area contributed by atoms with Crippen LogP contribution >= 0.6 is 12.2 Å². The van der Waals surface area contributed by atoms with Crippen molar-refractivity contribution in [1.82, 2.24) is 4.98 Å². The first-order chi connectivity index (χ1) is 10.3. The van der Waals surface area contributed by atoms with Crippen LogP contribution in [0, 0.1) is 0 Å². The second-order valence-corrected chi connectivity index (χ2v) is 4.98. The molecule has 4 nitrogen and oxygen atoms in total. The summed E-state index contributed by atoms with van der Waals surface area (Å²) in [6.45, 7) is 0.482. The van der Waals surface area contributed by atoms with Crippen LogP contribution in [-0.4, -0.2) is 16.6 Å². The molecule has 3 rings (SSSR count). The number of hydrogen-bond acceptors (Lipinski definition) is 4. The highest BCUT2D eigenvalue weighted by molar-refractivity contribution is 7.80. The number of nitrogens with two attached hydrogens (primary N) is 1. The molecular formula is C16H14N2O2S. The van der Waals surface area contributed by atoms with Crippen molar-refractivity contribution in [3.05, 3.63) is 60.1 Å². The molecule has 0 saturated heterocycles. The van der Waals surface area contributed by atoms with Crippen molar-refractivity contribution in [1.29, 1.82) is 0 Å². The fraction of sp³-hybridized carbons (Fsp3) is 0.125. The van der Waals surface area contributed by atoms with Crippen LogP contribution in [0.15, 0.2) is 53.1 Å². The lowest BCUT2D eigenvalue weighted by Gasteiger charge is -2.06. The van der Waals surface area contributed by atoms with Gasteiger partial charge in [0.2, 0.25) is 5.76 Å². The molecule has 0 aliphatic carbocycles. The van der Waals surface area contributed by atoms with Gasteiger partial charge in [0.25, 0.3) is 0 Å². The summed E-state index contributed by atoms with van der Waals surface area (Å²) in [7, 11) is 0. The number of para-hydroxylation sites is 1. The fourth-order valence-electron chi connectivity index (χ4n) is 2.13. The van der Waals surface area contributed by atoms with Gasteiger partial charge in [-0.15, -0.1) is 0 Å². The second kappa shape index (κ2) is 5.93. The zero-order chi connectivity index (χ0) is 14.7. The molecule has 0 saturated carbocycles. The third-order valence-electron chi connectivity index (χ3n) is 3.10. The molecule has 0 bridgehead atoms. The van der Waals surface area contributed by atoms with Gasteiger partial charge in [-0.05, 0) is 24.3 Å². The molecule has 0 fully saturated rings. The Labute approximate surface area is 127 Å². The van der Waals surface area contributed by atoms with Crippen LogP contribution in [-0.2, 0) is 6.42 Å². The van der Waals surface area contributed by atoms with Crippen LogP contribution in [0.25, 0.3) is 11.0 Å². The van der Waals surface area contributed by atoms with E-state index in [1.807, 2.05) is 42.5 Å². The van der Waals surface area contributed by atoms with Crippen LogP contribution in [0.1, 0.15) is 11.5 Å². The van der Waals surface area contributed by atoms with Crippen LogP contribution < -0.4 is 10.5 Å². The van der Waals surface area contributed by atoms with Gasteiger partial charge in [0.15, 0.2) is 5.75 Å². The number of benzene rings is 1. The van der Waals surface area contributed by atoms with Crippen molar-refractivity contribution in [2.45, 2.75) is 6.42 Å². The van der Waals surface area contributed by atoms with Crippen molar-refractivity contribution in [2.24, 2.45) is 5.73 Å². The molecule has 1 aromatic carbocycles. The van der Waals surface area contributed by atoms with E-state index >= 15 is 0 Å². The first-order valence-electron chi connectivity index (χ1n) is 6.60. The highest BCUT2D eigenvalue weighted by Crippen LogP contribution is 2.33. The van der Waals surface area contributed by atoms with Gasteiger partial charge >= 0.3 is 0 Å². The highest BCUT2D eigenvalue weighted by atomic mass is 32.1. The monoisotopic (exact) mass is 298 g/mol. The number of ether oxygens (including phenoxy) is 1. The van der Waals surface area contributed by atoms with Gasteiger partial charge in [0.1, 0.15) is 10.6 Å². The van der Waals surface area contributed by atoms with Gasteiger partial charge in [-0.25, -0.2) is 0 Å². The number of nitrogens with zero attached hydrogens (tertiary/aromatic N) is 1. The minimum absolute atomic E-state index is 0.194. The standard InChI is InChI=1S/C16H14N2O2S/c17-16(21)15-14(12-6-1-2-7-13(12)20-15)19-10-8-11-5-3-4-9-18-11/h1-7,9H,8,10H2,(H2,17,21). The van der Waals surface area contributed by atoms with Crippen molar-refractivity contribution in [2.75, 3.05) is 6.61 Å². The van der Waals surface area contributed by atoms with Gasteiger partial charge in [-0.3, -0.25) is 4.98 Å². The van der Waals surface area contributed by atoms with Crippen molar-refractivity contribution < 1.29 is 9.15 Å². The molecule has 3 aromatic rings. The predicted octanol–water partition coefficient (Wildman–Crippen LogP) is 3.08. The molecule has 0 atom stereocenters. The van der Waals surface area contributed by atoms with E-state index in [-0.39, 0.29) is 4.99 Å². The van der Waals surface area contributed by atoms with Crippen molar-refractivity contribution >= 4 is 28.2 Å². The zero-order valence-electron chi connectivity index (χ0n) is 11.3. The molecule has 0 spiro atoms. The van der Waals surface area contributed by atoms with Gasteiger partial charge in [-0.1, -0.05) is 30.4 Å². The normalized spacial score (nSPS) is 10.7. The number of pyridine rings is 1. The minimum Gasteiger partial charge on any atom is -0.488 e. The average Bonchev–Trinajstić information content (AvgIpc) is 2.88. The highest BCUT2D eigenvalue weighted by Gasteiger charge is 2.17. The Kier molecular flexibility index (Phi) is 3.83. The average molecular weight is 298 g/mol. The van der Waals surface area contributed by atoms with Gasteiger partial charge in [-0.2, -0.15) is 0 Å². The number of furan rings is 1. The predicted molar refractivity (Wildman–Crippen MR) is 85.5 cm³/mol. The fourth-order valence-corrected chi connectivity index (χ4v) is 2.27. The van der Waals surface area contributed by atoms with Crippen LogP contribution in [0.3, 0.4) is 0 Å². The molecule has 2 heterocycles. The number of hydrogen-bond donors (Lipinski definition) is 1. The van der Waals surface area contributed by atoms with E-state index in [4.69, 9.17) is 27.1 Å². The lowest BCUT2D eigenvalue weighted by Crippen LogP contribution is -2.11. The Morgan fingerprint density at radius 3 is 2.76 bits per heavy atom. The molecule has 106 valence electrons. The van der Waals surface area contributed by atoms with E-state index in [2.05, 4.69) is 4.98 Å². The van der Waals surface area contributed by atoms with Crippen LogP contribution in [0.2, 0.25) is 0 Å². The van der Waals surface area contributed by atoms with E-state index in [1.165, 1.54) is 0 Å². The number of thiocarbonyl (C=S) groups is 1. The largest absolute Gasteiger partial charge is 0.488 e. The van der Waals surface area contributed by atoms with Crippen LogP contribution in [0.5, 0.6) is 5.75 Å². The lowest BCUT2D eigenvalue weighted by molar-refractivity contribution is 0.318. The summed E-state index contributed by atoms with van der Waals surface area (Å²) in [5, 5.41) is 0.876. The first-order valence-corrected chi connectivity index (χ1v) is 7.00. The maximum atomic E-state index is 5.85. The summed E-state index contributed by atoms with van der Waals surface area (Å²) >= 11 is 5.03. The maximum absolute atomic E-state index is 5.85. The van der Waals surface area contributed by atoms with Crippen molar-refractivity contribution in [3.63, 3.8) is 0 Å². The van der Waals surface area contributed by atoms with Crippen LogP contribution in [0.4, 0.5) is 0 Å². The topological polar surface area (TPSA) is 61.3 Å². The summed E-state index contributed by atoms with van der Waals surface area (Å²) in [6, 6.07) is 13.4. The third kappa shape index (κ3) is 2.87. The number of fused-ring (bicyclic) bond motifs is 1. The second-order valence-electron chi connectivity index (χ2n) is 4.54. The molecule has 2 aromatic heterocycles. The maximum Gasteiger partial charge on any atom is 0.204 e. The quantitative estimate of drug-likeness (QED) is 0.733. The third-order valence-corrected chi connectivity index (χ3v) is 3.29. The Hall–Kier alpha value is -2.40. The summed E-state index contributed by atoms with van der Waals surface area (Å²) in [5.41, 5.74) is 7.40. The van der Waals surface area contributed by atoms with E-state index in [0.717, 1.165) is 11.1 Å².